The van der Waals surface area contributed by atoms with Crippen LogP contribution in [-0.4, -0.2) is 41.1 Å². The number of halogens is 3. The molecule has 4 aromatic heterocycles. The van der Waals surface area contributed by atoms with E-state index in [2.05, 4.69) is 46.4 Å². The summed E-state index contributed by atoms with van der Waals surface area (Å²) in [6.45, 7) is 2.74. The van der Waals surface area contributed by atoms with E-state index in [0.717, 1.165) is 6.20 Å². The predicted molar refractivity (Wildman–Crippen MR) is 107 cm³/mol. The van der Waals surface area contributed by atoms with Crippen molar-refractivity contribution in [1.29, 1.82) is 0 Å². The average Bonchev–Trinajstić information content (AvgIpc) is 3.17. The Morgan fingerprint density at radius 2 is 2.14 bits per heavy atom. The summed E-state index contributed by atoms with van der Waals surface area (Å²) in [5.41, 5.74) is 2.25. The highest BCUT2D eigenvalue weighted by atomic mass is 79.9. The number of anilines is 2. The maximum Gasteiger partial charge on any atom is 0.258 e. The van der Waals surface area contributed by atoms with Gasteiger partial charge in [0.15, 0.2) is 10.8 Å². The summed E-state index contributed by atoms with van der Waals surface area (Å²) in [6, 6.07) is 1.36. The molecule has 0 radical (unpaired) electrons. The largest absolute Gasteiger partial charge is 0.475 e. The Balaban J connectivity index is 1.65. The lowest BCUT2D eigenvalue weighted by atomic mass is 10.3. The minimum atomic E-state index is -0.460. The molecule has 1 aliphatic heterocycles. The van der Waals surface area contributed by atoms with E-state index in [9.17, 15) is 4.39 Å². The number of hydrogen-bond donors (Lipinski definition) is 1. The first-order chi connectivity index (χ1) is 14.0. The second-order valence-electron chi connectivity index (χ2n) is 6.41. The first kappa shape index (κ1) is 18.3. The minimum absolute atomic E-state index is 0.330. The topological polar surface area (TPSA) is 95.6 Å². The molecule has 0 saturated heterocycles. The molecule has 1 N–H and O–H groups in total. The first-order valence-electron chi connectivity index (χ1n) is 8.71. The fourth-order valence-electron chi connectivity index (χ4n) is 3.09. The fraction of sp³-hybridized carbons (Fsp3) is 0.235. The Kier molecular flexibility index (Phi) is 4.36. The molecule has 2 bridgehead atoms. The number of pyridine rings is 1. The van der Waals surface area contributed by atoms with Crippen molar-refractivity contribution in [3.05, 3.63) is 39.7 Å². The summed E-state index contributed by atoms with van der Waals surface area (Å²) in [5.74, 6) is 0.205. The summed E-state index contributed by atoms with van der Waals surface area (Å²) < 4.78 is 23.4. The van der Waals surface area contributed by atoms with Crippen LogP contribution in [0.25, 0.3) is 16.7 Å². The molecule has 4 aromatic rings. The van der Waals surface area contributed by atoms with Crippen LogP contribution in [0.15, 0.2) is 23.1 Å². The van der Waals surface area contributed by atoms with Gasteiger partial charge in [-0.2, -0.15) is 10.1 Å². The molecular weight excluding hydrogens is 467 g/mol. The molecule has 0 saturated carbocycles. The highest BCUT2D eigenvalue weighted by Gasteiger charge is 2.23. The third kappa shape index (κ3) is 3.10. The molecule has 5 rings (SSSR count). The lowest BCUT2D eigenvalue weighted by Crippen LogP contribution is -2.07. The molecular formula is C17H13BrClFN8O. The van der Waals surface area contributed by atoms with Gasteiger partial charge >= 0.3 is 0 Å². The summed E-state index contributed by atoms with van der Waals surface area (Å²) in [7, 11) is 0. The number of nitrogens with one attached hydrogen (secondary N) is 1. The smallest absolute Gasteiger partial charge is 0.258 e. The fourth-order valence-corrected chi connectivity index (χ4v) is 3.85. The van der Waals surface area contributed by atoms with Gasteiger partial charge in [-0.05, 0) is 22.9 Å². The van der Waals surface area contributed by atoms with Crippen molar-refractivity contribution >= 4 is 50.2 Å². The van der Waals surface area contributed by atoms with Crippen molar-refractivity contribution in [2.75, 3.05) is 11.9 Å². The highest BCUT2D eigenvalue weighted by Crippen LogP contribution is 2.37. The highest BCUT2D eigenvalue weighted by molar-refractivity contribution is 9.10. The van der Waals surface area contributed by atoms with Crippen molar-refractivity contribution in [2.24, 2.45) is 0 Å². The zero-order valence-electron chi connectivity index (χ0n) is 15.0. The van der Waals surface area contributed by atoms with Gasteiger partial charge < -0.3 is 10.1 Å². The van der Waals surface area contributed by atoms with E-state index in [4.69, 9.17) is 16.3 Å². The van der Waals surface area contributed by atoms with E-state index in [0.29, 0.717) is 69.3 Å². The van der Waals surface area contributed by atoms with Gasteiger partial charge in [0.2, 0.25) is 5.95 Å². The number of hydrogen-bond acceptors (Lipinski definition) is 7. The number of aromatic nitrogens is 7. The third-order valence-electron chi connectivity index (χ3n) is 4.49. The van der Waals surface area contributed by atoms with Crippen molar-refractivity contribution in [3.8, 4) is 11.6 Å². The monoisotopic (exact) mass is 478 g/mol. The maximum absolute atomic E-state index is 13.8. The Morgan fingerprint density at radius 1 is 1.28 bits per heavy atom. The normalized spacial score (nSPS) is 13.7. The number of ether oxygens (including phenoxy) is 1. The Morgan fingerprint density at radius 3 is 3.00 bits per heavy atom. The molecule has 0 amide bonds. The molecule has 148 valence electrons. The summed E-state index contributed by atoms with van der Waals surface area (Å²) in [6.07, 6.45) is 3.45. The van der Waals surface area contributed by atoms with Crippen LogP contribution in [0.4, 0.5) is 16.0 Å². The van der Waals surface area contributed by atoms with Crippen molar-refractivity contribution in [2.45, 2.75) is 19.9 Å². The summed E-state index contributed by atoms with van der Waals surface area (Å²) in [4.78, 5) is 12.9. The van der Waals surface area contributed by atoms with E-state index in [1.807, 2.05) is 0 Å². The van der Waals surface area contributed by atoms with Gasteiger partial charge in [-0.3, -0.25) is 4.98 Å². The van der Waals surface area contributed by atoms with E-state index < -0.39 is 5.82 Å². The quantitative estimate of drug-likeness (QED) is 0.444. The average molecular weight is 480 g/mol. The van der Waals surface area contributed by atoms with Crippen LogP contribution in [0.3, 0.4) is 0 Å². The molecule has 1 aliphatic rings. The predicted octanol–water partition coefficient (Wildman–Crippen LogP) is 3.80. The van der Waals surface area contributed by atoms with Crippen LogP contribution in [0.5, 0.6) is 5.88 Å². The van der Waals surface area contributed by atoms with Gasteiger partial charge in [0, 0.05) is 25.2 Å². The van der Waals surface area contributed by atoms with E-state index >= 15 is 0 Å². The molecule has 0 spiro atoms. The maximum atomic E-state index is 13.8. The number of nitrogens with zero attached hydrogens (tertiary/aromatic N) is 7. The molecule has 9 nitrogen and oxygen atoms in total. The number of rotatable bonds is 1. The van der Waals surface area contributed by atoms with Crippen LogP contribution < -0.4 is 10.1 Å². The second-order valence-corrected chi connectivity index (χ2v) is 7.52. The van der Waals surface area contributed by atoms with Crippen molar-refractivity contribution in [1.82, 2.24) is 34.5 Å². The second kappa shape index (κ2) is 6.92. The van der Waals surface area contributed by atoms with E-state index in [1.54, 1.807) is 17.8 Å². The molecule has 0 fully saturated rings. The van der Waals surface area contributed by atoms with Crippen LogP contribution >= 0.6 is 27.5 Å². The molecule has 29 heavy (non-hydrogen) atoms. The van der Waals surface area contributed by atoms with Crippen LogP contribution in [0.2, 0.25) is 5.15 Å². The molecule has 0 aliphatic carbocycles. The Hall–Kier alpha value is -2.79. The van der Waals surface area contributed by atoms with Gasteiger partial charge in [-0.15, -0.1) is 5.10 Å². The molecule has 5 heterocycles. The van der Waals surface area contributed by atoms with Crippen LogP contribution in [-0.2, 0) is 6.54 Å². The molecule has 0 unspecified atom stereocenters. The molecule has 0 atom stereocenters. The first-order valence-corrected chi connectivity index (χ1v) is 9.88. The SMILES string of the molecule is Cc1ncc(F)cc1-n1nc2c(c1Br)Nc1ncc3c(Cl)nn(c3n1)CCCO2. The standard InChI is InChI=1S/C17H13BrClFN8O/c1-8-11(5-9(20)6-21-8)28-13(18)12-16(26-28)29-4-2-3-27-15-10(14(19)25-27)7-22-17(23-12)24-15/h5-7H,2-4H2,1H3,(H,22,23,24). The zero-order chi connectivity index (χ0) is 20.1. The van der Waals surface area contributed by atoms with E-state index in [-0.39, 0.29) is 0 Å². The number of fused-ring (bicyclic) bond motifs is 2. The van der Waals surface area contributed by atoms with Gasteiger partial charge in [0.1, 0.15) is 16.1 Å². The lowest BCUT2D eigenvalue weighted by Gasteiger charge is -2.07. The molecule has 0 aromatic carbocycles. The van der Waals surface area contributed by atoms with Crippen molar-refractivity contribution in [3.63, 3.8) is 0 Å². The number of aryl methyl sites for hydroxylation is 2. The van der Waals surface area contributed by atoms with Gasteiger partial charge in [0.05, 0.1) is 29.6 Å². The van der Waals surface area contributed by atoms with E-state index in [1.165, 1.54) is 10.7 Å². The van der Waals surface area contributed by atoms with Crippen LogP contribution in [0, 0.1) is 12.7 Å². The summed E-state index contributed by atoms with van der Waals surface area (Å²) >= 11 is 9.71. The Bertz CT molecular complexity index is 1260. The molecule has 12 heteroatoms. The third-order valence-corrected chi connectivity index (χ3v) is 5.50. The van der Waals surface area contributed by atoms with Gasteiger partial charge in [-0.1, -0.05) is 11.6 Å². The van der Waals surface area contributed by atoms with Gasteiger partial charge in [0.25, 0.3) is 5.88 Å². The lowest BCUT2D eigenvalue weighted by molar-refractivity contribution is 0.288. The van der Waals surface area contributed by atoms with Gasteiger partial charge in [-0.25, -0.2) is 18.7 Å². The van der Waals surface area contributed by atoms with Crippen molar-refractivity contribution < 1.29 is 9.13 Å². The Labute approximate surface area is 177 Å². The van der Waals surface area contributed by atoms with Crippen LogP contribution in [0.1, 0.15) is 12.1 Å². The minimum Gasteiger partial charge on any atom is -0.475 e. The zero-order valence-corrected chi connectivity index (χ0v) is 17.4. The summed E-state index contributed by atoms with van der Waals surface area (Å²) in [5, 5.41) is 13.0.